The predicted molar refractivity (Wildman–Crippen MR) is 82.2 cm³/mol. The third-order valence-corrected chi connectivity index (χ3v) is 4.50. The highest BCUT2D eigenvalue weighted by Gasteiger charge is 2.16. The van der Waals surface area contributed by atoms with Crippen LogP contribution in [0.3, 0.4) is 0 Å². The number of hydrogen-bond acceptors (Lipinski definition) is 3. The van der Waals surface area contributed by atoms with Crippen LogP contribution in [-0.4, -0.2) is 8.42 Å². The van der Waals surface area contributed by atoms with Crippen LogP contribution in [-0.2, 0) is 10.0 Å². The number of nitrogens with two attached hydrogens (primary N) is 1. The topological polar surface area (TPSA) is 72.2 Å². The first kappa shape index (κ1) is 15.3. The normalized spacial score (nSPS) is 11.6. The van der Waals surface area contributed by atoms with Crippen molar-refractivity contribution in [2.75, 3.05) is 10.5 Å². The zero-order valence-electron chi connectivity index (χ0n) is 11.8. The van der Waals surface area contributed by atoms with Gasteiger partial charge in [0.1, 0.15) is 5.82 Å². The molecule has 4 nitrogen and oxygen atoms in total. The van der Waals surface area contributed by atoms with Crippen molar-refractivity contribution in [3.8, 4) is 0 Å². The highest BCUT2D eigenvalue weighted by Crippen LogP contribution is 2.24. The summed E-state index contributed by atoms with van der Waals surface area (Å²) in [5.74, 6) is -0.245. The summed E-state index contributed by atoms with van der Waals surface area (Å²) in [6, 6.07) is 10.1. The van der Waals surface area contributed by atoms with Crippen molar-refractivity contribution in [3.05, 3.63) is 53.8 Å². The van der Waals surface area contributed by atoms with Gasteiger partial charge < -0.3 is 5.73 Å². The van der Waals surface area contributed by atoms with Gasteiger partial charge in [0.2, 0.25) is 0 Å². The molecule has 21 heavy (non-hydrogen) atoms. The first-order chi connectivity index (χ1) is 9.79. The summed E-state index contributed by atoms with van der Waals surface area (Å²) in [6.45, 7) is 4.05. The largest absolute Gasteiger partial charge is 0.397 e. The van der Waals surface area contributed by atoms with Crippen LogP contribution in [0.2, 0.25) is 0 Å². The fourth-order valence-corrected chi connectivity index (χ4v) is 2.93. The Bertz CT molecular complexity index is 741. The van der Waals surface area contributed by atoms with E-state index in [1.165, 1.54) is 24.3 Å². The average molecular weight is 308 g/mol. The lowest BCUT2D eigenvalue weighted by Gasteiger charge is -2.11. The Hall–Kier alpha value is -2.08. The molecule has 0 aromatic heterocycles. The molecule has 2 aromatic carbocycles. The van der Waals surface area contributed by atoms with Gasteiger partial charge in [-0.2, -0.15) is 0 Å². The third-order valence-electron chi connectivity index (χ3n) is 3.12. The van der Waals surface area contributed by atoms with Gasteiger partial charge in [-0.25, -0.2) is 12.8 Å². The van der Waals surface area contributed by atoms with E-state index in [-0.39, 0.29) is 16.3 Å². The maximum atomic E-state index is 13.2. The van der Waals surface area contributed by atoms with Crippen molar-refractivity contribution in [2.45, 2.75) is 24.7 Å². The molecule has 0 heterocycles. The van der Waals surface area contributed by atoms with Crippen molar-refractivity contribution in [1.29, 1.82) is 0 Å². The Morgan fingerprint density at radius 3 is 2.29 bits per heavy atom. The van der Waals surface area contributed by atoms with Crippen molar-refractivity contribution in [1.82, 2.24) is 0 Å². The fourth-order valence-electron chi connectivity index (χ4n) is 1.85. The number of benzene rings is 2. The zero-order chi connectivity index (χ0) is 15.6. The quantitative estimate of drug-likeness (QED) is 0.851. The highest BCUT2D eigenvalue weighted by atomic mass is 32.2. The van der Waals surface area contributed by atoms with Crippen LogP contribution in [0.25, 0.3) is 0 Å². The van der Waals surface area contributed by atoms with E-state index in [4.69, 9.17) is 5.73 Å². The van der Waals surface area contributed by atoms with E-state index in [2.05, 4.69) is 4.72 Å². The molecule has 112 valence electrons. The molecule has 2 rings (SSSR count). The van der Waals surface area contributed by atoms with Crippen molar-refractivity contribution in [2.24, 2.45) is 0 Å². The highest BCUT2D eigenvalue weighted by molar-refractivity contribution is 7.92. The number of hydrogen-bond donors (Lipinski definition) is 2. The Morgan fingerprint density at radius 2 is 1.71 bits per heavy atom. The summed E-state index contributed by atoms with van der Waals surface area (Å²) >= 11 is 0. The fraction of sp³-hybridized carbons (Fsp3) is 0.200. The molecule has 2 aromatic rings. The lowest BCUT2D eigenvalue weighted by Crippen LogP contribution is -2.14. The average Bonchev–Trinajstić information content (AvgIpc) is 2.43. The van der Waals surface area contributed by atoms with Crippen LogP contribution in [0.1, 0.15) is 25.3 Å². The molecule has 0 radical (unpaired) electrons. The Labute approximate surface area is 123 Å². The van der Waals surface area contributed by atoms with Crippen LogP contribution in [0.15, 0.2) is 47.4 Å². The molecule has 0 amide bonds. The second-order valence-corrected chi connectivity index (χ2v) is 6.74. The smallest absolute Gasteiger partial charge is 0.261 e. The molecule has 0 bridgehead atoms. The van der Waals surface area contributed by atoms with Crippen LogP contribution >= 0.6 is 0 Å². The monoisotopic (exact) mass is 308 g/mol. The first-order valence-corrected chi connectivity index (χ1v) is 7.96. The number of sulfonamides is 1. The number of nitrogen functional groups attached to an aromatic ring is 1. The summed E-state index contributed by atoms with van der Waals surface area (Å²) in [4.78, 5) is 0.107. The Balaban J connectivity index is 2.31. The van der Waals surface area contributed by atoms with E-state index in [1.54, 1.807) is 12.1 Å². The minimum absolute atomic E-state index is 0.0305. The molecule has 0 saturated carbocycles. The minimum Gasteiger partial charge on any atom is -0.397 e. The van der Waals surface area contributed by atoms with E-state index in [1.807, 2.05) is 13.8 Å². The van der Waals surface area contributed by atoms with Crippen molar-refractivity contribution < 1.29 is 12.8 Å². The van der Waals surface area contributed by atoms with Crippen LogP contribution in [0.5, 0.6) is 0 Å². The molecule has 0 fully saturated rings. The molecule has 0 aliphatic rings. The third kappa shape index (κ3) is 3.52. The van der Waals surface area contributed by atoms with E-state index in [9.17, 15) is 12.8 Å². The van der Waals surface area contributed by atoms with Gasteiger partial charge in [0, 0.05) is 6.07 Å². The Kier molecular flexibility index (Phi) is 4.18. The van der Waals surface area contributed by atoms with E-state index in [0.29, 0.717) is 5.92 Å². The zero-order valence-corrected chi connectivity index (χ0v) is 12.6. The molecule has 6 heteroatoms. The molecule has 0 atom stereocenters. The molecule has 0 saturated heterocycles. The van der Waals surface area contributed by atoms with Gasteiger partial charge in [-0.05, 0) is 35.7 Å². The second-order valence-electron chi connectivity index (χ2n) is 5.06. The lowest BCUT2D eigenvalue weighted by molar-refractivity contribution is 0.601. The number of nitrogens with one attached hydrogen (secondary N) is 1. The standard InChI is InChI=1S/C15H17FN2O2S/c1-10(2)11-3-6-13(7-4-11)21(19,20)18-15-9-12(16)5-8-14(15)17/h3-10,18H,17H2,1-2H3. The van der Waals surface area contributed by atoms with Gasteiger partial charge in [-0.15, -0.1) is 0 Å². The van der Waals surface area contributed by atoms with E-state index in [0.717, 1.165) is 11.6 Å². The summed E-state index contributed by atoms with van der Waals surface area (Å²) in [7, 11) is -3.79. The van der Waals surface area contributed by atoms with Gasteiger partial charge in [0.05, 0.1) is 16.3 Å². The second kappa shape index (κ2) is 5.73. The van der Waals surface area contributed by atoms with Gasteiger partial charge >= 0.3 is 0 Å². The Morgan fingerprint density at radius 1 is 1.10 bits per heavy atom. The molecule has 3 N–H and O–H groups in total. The lowest BCUT2D eigenvalue weighted by atomic mass is 10.0. The van der Waals surface area contributed by atoms with Gasteiger partial charge in [0.15, 0.2) is 0 Å². The van der Waals surface area contributed by atoms with E-state index < -0.39 is 15.8 Å². The minimum atomic E-state index is -3.79. The van der Waals surface area contributed by atoms with Gasteiger partial charge in [-0.3, -0.25) is 4.72 Å². The molecular weight excluding hydrogens is 291 g/mol. The number of halogens is 1. The van der Waals surface area contributed by atoms with Gasteiger partial charge in [0.25, 0.3) is 10.0 Å². The van der Waals surface area contributed by atoms with Crippen molar-refractivity contribution >= 4 is 21.4 Å². The molecular formula is C15H17FN2O2S. The number of anilines is 2. The molecule has 0 unspecified atom stereocenters. The molecule has 0 spiro atoms. The van der Waals surface area contributed by atoms with Crippen molar-refractivity contribution in [3.63, 3.8) is 0 Å². The predicted octanol–water partition coefficient (Wildman–Crippen LogP) is 3.33. The van der Waals surface area contributed by atoms with Crippen LogP contribution in [0, 0.1) is 5.82 Å². The first-order valence-electron chi connectivity index (χ1n) is 6.47. The van der Waals surface area contributed by atoms with E-state index >= 15 is 0 Å². The maximum absolute atomic E-state index is 13.2. The summed E-state index contributed by atoms with van der Waals surface area (Å²) in [5, 5.41) is 0. The maximum Gasteiger partial charge on any atom is 0.261 e. The number of rotatable bonds is 4. The van der Waals surface area contributed by atoms with Gasteiger partial charge in [-0.1, -0.05) is 26.0 Å². The van der Waals surface area contributed by atoms with Crippen LogP contribution in [0.4, 0.5) is 15.8 Å². The summed E-state index contributed by atoms with van der Waals surface area (Å²) in [5.41, 5.74) is 6.88. The SMILES string of the molecule is CC(C)c1ccc(S(=O)(=O)Nc2cc(F)ccc2N)cc1. The molecule has 0 aliphatic carbocycles. The summed E-state index contributed by atoms with van der Waals surface area (Å²) < 4.78 is 40.0. The molecule has 0 aliphatic heterocycles. The van der Waals surface area contributed by atoms with Crippen LogP contribution < -0.4 is 10.5 Å². The summed E-state index contributed by atoms with van der Waals surface area (Å²) in [6.07, 6.45) is 0.